The summed E-state index contributed by atoms with van der Waals surface area (Å²) in [6.45, 7) is 3.56. The quantitative estimate of drug-likeness (QED) is 0.214. The van der Waals surface area contributed by atoms with E-state index in [0.29, 0.717) is 37.6 Å². The molecular formula is C33H36N2O4. The fraction of sp³-hybridized carbons (Fsp3) is 0.242. The van der Waals surface area contributed by atoms with E-state index in [4.69, 9.17) is 14.2 Å². The molecule has 4 aromatic rings. The van der Waals surface area contributed by atoms with Crippen molar-refractivity contribution in [3.05, 3.63) is 119 Å². The first-order valence-electron chi connectivity index (χ1n) is 13.2. The number of carbonyl (C=O) groups is 1. The number of anilines is 1. The maximum Gasteiger partial charge on any atom is 0.322 e. The third-order valence-electron chi connectivity index (χ3n) is 6.54. The monoisotopic (exact) mass is 524 g/mol. The summed E-state index contributed by atoms with van der Waals surface area (Å²) in [5, 5.41) is 3.06. The van der Waals surface area contributed by atoms with Gasteiger partial charge in [-0.1, -0.05) is 67.6 Å². The molecule has 39 heavy (non-hydrogen) atoms. The number of amides is 2. The van der Waals surface area contributed by atoms with Crippen molar-refractivity contribution in [2.75, 3.05) is 26.1 Å². The molecule has 6 nitrogen and oxygen atoms in total. The van der Waals surface area contributed by atoms with E-state index in [0.717, 1.165) is 34.5 Å². The van der Waals surface area contributed by atoms with Crippen molar-refractivity contribution in [2.45, 2.75) is 32.9 Å². The number of methoxy groups -OCH3 is 2. The minimum atomic E-state index is -0.157. The van der Waals surface area contributed by atoms with Crippen LogP contribution in [0.1, 0.15) is 29.2 Å². The van der Waals surface area contributed by atoms with Gasteiger partial charge < -0.3 is 24.4 Å². The number of carbonyl (C=O) groups excluding carboxylic acids is 1. The molecule has 0 aliphatic heterocycles. The topological polar surface area (TPSA) is 60.0 Å². The summed E-state index contributed by atoms with van der Waals surface area (Å²) in [6, 6.07) is 31.6. The van der Waals surface area contributed by atoms with Crippen molar-refractivity contribution in [2.24, 2.45) is 0 Å². The Morgan fingerprint density at radius 3 is 2.18 bits per heavy atom. The molecule has 0 aliphatic rings. The van der Waals surface area contributed by atoms with E-state index in [1.807, 2.05) is 102 Å². The van der Waals surface area contributed by atoms with Crippen LogP contribution in [-0.2, 0) is 26.0 Å². The Balaban J connectivity index is 1.48. The molecule has 202 valence electrons. The lowest BCUT2D eigenvalue weighted by molar-refractivity contribution is 0.209. The van der Waals surface area contributed by atoms with Crippen LogP contribution < -0.4 is 19.5 Å². The van der Waals surface area contributed by atoms with E-state index in [9.17, 15) is 4.79 Å². The first-order valence-corrected chi connectivity index (χ1v) is 13.2. The van der Waals surface area contributed by atoms with E-state index in [2.05, 4.69) is 12.2 Å². The van der Waals surface area contributed by atoms with Crippen LogP contribution in [0.2, 0.25) is 0 Å². The lowest BCUT2D eigenvalue weighted by Gasteiger charge is -2.24. The first-order chi connectivity index (χ1) is 19.1. The second-order valence-electron chi connectivity index (χ2n) is 9.26. The Kier molecular flexibility index (Phi) is 9.84. The summed E-state index contributed by atoms with van der Waals surface area (Å²) in [5.41, 5.74) is 5.15. The zero-order valence-electron chi connectivity index (χ0n) is 22.9. The molecular weight excluding hydrogens is 488 g/mol. The van der Waals surface area contributed by atoms with E-state index >= 15 is 0 Å². The molecule has 0 heterocycles. The Morgan fingerprint density at radius 2 is 1.46 bits per heavy atom. The number of aryl methyl sites for hydroxylation is 1. The van der Waals surface area contributed by atoms with Crippen molar-refractivity contribution in [1.29, 1.82) is 0 Å². The van der Waals surface area contributed by atoms with Gasteiger partial charge in [0.2, 0.25) is 0 Å². The van der Waals surface area contributed by atoms with Crippen LogP contribution in [0.4, 0.5) is 10.5 Å². The number of urea groups is 1. The molecule has 0 saturated heterocycles. The minimum absolute atomic E-state index is 0.157. The standard InChI is InChI=1S/C33H36N2O4/c1-4-25-13-16-29(17-14-25)34-33(36)35(20-19-26-15-18-31(37-2)32(22-26)38-3)23-28-11-8-12-30(21-28)39-24-27-9-6-5-7-10-27/h5-18,21-22H,4,19-20,23-24H2,1-3H3,(H,34,36). The van der Waals surface area contributed by atoms with Crippen LogP contribution in [-0.4, -0.2) is 31.7 Å². The number of nitrogens with one attached hydrogen (secondary N) is 1. The van der Waals surface area contributed by atoms with Gasteiger partial charge in [-0.3, -0.25) is 0 Å². The number of nitrogens with zero attached hydrogens (tertiary/aromatic N) is 1. The van der Waals surface area contributed by atoms with Crippen LogP contribution in [0.25, 0.3) is 0 Å². The summed E-state index contributed by atoms with van der Waals surface area (Å²) in [7, 11) is 3.24. The van der Waals surface area contributed by atoms with Crippen LogP contribution in [0.15, 0.2) is 97.1 Å². The maximum atomic E-state index is 13.5. The second-order valence-corrected chi connectivity index (χ2v) is 9.26. The van der Waals surface area contributed by atoms with Gasteiger partial charge in [0.05, 0.1) is 14.2 Å². The van der Waals surface area contributed by atoms with E-state index in [1.165, 1.54) is 5.56 Å². The molecule has 4 aromatic carbocycles. The molecule has 0 aromatic heterocycles. The molecule has 0 unspecified atom stereocenters. The van der Waals surface area contributed by atoms with Gasteiger partial charge in [-0.25, -0.2) is 4.79 Å². The Morgan fingerprint density at radius 1 is 0.744 bits per heavy atom. The van der Waals surface area contributed by atoms with Gasteiger partial charge in [0.1, 0.15) is 12.4 Å². The zero-order chi connectivity index (χ0) is 27.5. The fourth-order valence-electron chi connectivity index (χ4n) is 4.27. The smallest absolute Gasteiger partial charge is 0.322 e. The fourth-order valence-corrected chi connectivity index (χ4v) is 4.27. The molecule has 6 heteroatoms. The summed E-state index contributed by atoms with van der Waals surface area (Å²) < 4.78 is 16.8. The number of hydrogen-bond acceptors (Lipinski definition) is 4. The molecule has 0 bridgehead atoms. The Labute approximate surface area is 231 Å². The molecule has 0 radical (unpaired) electrons. The summed E-state index contributed by atoms with van der Waals surface area (Å²) >= 11 is 0. The molecule has 2 amide bonds. The van der Waals surface area contributed by atoms with Crippen molar-refractivity contribution in [1.82, 2.24) is 4.90 Å². The minimum Gasteiger partial charge on any atom is -0.493 e. The highest BCUT2D eigenvalue weighted by atomic mass is 16.5. The van der Waals surface area contributed by atoms with Crippen molar-refractivity contribution in [3.63, 3.8) is 0 Å². The van der Waals surface area contributed by atoms with Gasteiger partial charge in [-0.05, 0) is 71.5 Å². The third kappa shape index (κ3) is 8.01. The Hall–Kier alpha value is -4.45. The molecule has 1 N–H and O–H groups in total. The highest BCUT2D eigenvalue weighted by Gasteiger charge is 2.16. The summed E-state index contributed by atoms with van der Waals surface area (Å²) in [4.78, 5) is 15.3. The molecule has 0 aliphatic carbocycles. The molecule has 0 spiro atoms. The molecule has 0 saturated carbocycles. The zero-order valence-corrected chi connectivity index (χ0v) is 22.9. The summed E-state index contributed by atoms with van der Waals surface area (Å²) in [6.07, 6.45) is 1.61. The predicted octanol–water partition coefficient (Wildman–Crippen LogP) is 7.12. The van der Waals surface area contributed by atoms with E-state index in [1.54, 1.807) is 14.2 Å². The summed E-state index contributed by atoms with van der Waals surface area (Å²) in [5.74, 6) is 2.12. The number of benzene rings is 4. The number of hydrogen-bond donors (Lipinski definition) is 1. The van der Waals surface area contributed by atoms with Crippen LogP contribution >= 0.6 is 0 Å². The van der Waals surface area contributed by atoms with Gasteiger partial charge in [0, 0.05) is 18.8 Å². The molecule has 0 atom stereocenters. The molecule has 0 fully saturated rings. The van der Waals surface area contributed by atoms with Crippen LogP contribution in [0.5, 0.6) is 17.2 Å². The normalized spacial score (nSPS) is 10.5. The lowest BCUT2D eigenvalue weighted by Crippen LogP contribution is -2.36. The SMILES string of the molecule is CCc1ccc(NC(=O)N(CCc2ccc(OC)c(OC)c2)Cc2cccc(OCc3ccccc3)c2)cc1. The Bertz CT molecular complexity index is 1340. The molecule has 4 rings (SSSR count). The second kappa shape index (κ2) is 13.9. The highest BCUT2D eigenvalue weighted by molar-refractivity contribution is 5.89. The third-order valence-corrected chi connectivity index (χ3v) is 6.54. The average Bonchev–Trinajstić information content (AvgIpc) is 2.99. The maximum absolute atomic E-state index is 13.5. The van der Waals surface area contributed by atoms with Crippen LogP contribution in [0.3, 0.4) is 0 Å². The van der Waals surface area contributed by atoms with Crippen molar-refractivity contribution < 1.29 is 19.0 Å². The van der Waals surface area contributed by atoms with Gasteiger partial charge >= 0.3 is 6.03 Å². The predicted molar refractivity (Wildman–Crippen MR) is 156 cm³/mol. The van der Waals surface area contributed by atoms with Gasteiger partial charge in [-0.2, -0.15) is 0 Å². The number of ether oxygens (including phenoxy) is 3. The van der Waals surface area contributed by atoms with E-state index < -0.39 is 0 Å². The van der Waals surface area contributed by atoms with Crippen LogP contribution in [0, 0.1) is 0 Å². The average molecular weight is 525 g/mol. The van der Waals surface area contributed by atoms with E-state index in [-0.39, 0.29) is 6.03 Å². The van der Waals surface area contributed by atoms with Gasteiger partial charge in [0.15, 0.2) is 11.5 Å². The number of rotatable bonds is 12. The van der Waals surface area contributed by atoms with Crippen molar-refractivity contribution >= 4 is 11.7 Å². The van der Waals surface area contributed by atoms with Gasteiger partial charge in [0.25, 0.3) is 0 Å². The first kappa shape index (κ1) is 27.6. The van der Waals surface area contributed by atoms with Gasteiger partial charge in [-0.15, -0.1) is 0 Å². The van der Waals surface area contributed by atoms with Crippen molar-refractivity contribution in [3.8, 4) is 17.2 Å². The largest absolute Gasteiger partial charge is 0.493 e. The lowest BCUT2D eigenvalue weighted by atomic mass is 10.1. The highest BCUT2D eigenvalue weighted by Crippen LogP contribution is 2.28.